The number of amides is 1. The fraction of sp³-hybridized carbons (Fsp3) is 0.312. The van der Waals surface area contributed by atoms with E-state index in [4.69, 9.17) is 0 Å². The summed E-state index contributed by atoms with van der Waals surface area (Å²) in [6.07, 6.45) is 4.50. The molecule has 1 amide bonds. The lowest BCUT2D eigenvalue weighted by molar-refractivity contribution is 0.0518. The second-order valence-corrected chi connectivity index (χ2v) is 5.17. The van der Waals surface area contributed by atoms with Crippen LogP contribution in [0.3, 0.4) is 0 Å². The Kier molecular flexibility index (Phi) is 4.25. The van der Waals surface area contributed by atoms with Crippen LogP contribution in [0.15, 0.2) is 48.8 Å². The third-order valence-corrected chi connectivity index (χ3v) is 3.42. The summed E-state index contributed by atoms with van der Waals surface area (Å²) >= 11 is 0. The number of hydrogen-bond donors (Lipinski definition) is 2. The van der Waals surface area contributed by atoms with Gasteiger partial charge in [0.25, 0.3) is 5.91 Å². The summed E-state index contributed by atoms with van der Waals surface area (Å²) in [6, 6.07) is 11.3. The van der Waals surface area contributed by atoms with Crippen LogP contribution >= 0.6 is 0 Å². The zero-order valence-corrected chi connectivity index (χ0v) is 11.8. The molecule has 2 rings (SSSR count). The Labute approximate surface area is 119 Å². The van der Waals surface area contributed by atoms with E-state index in [-0.39, 0.29) is 12.5 Å². The average Bonchev–Trinajstić information content (AvgIpc) is 2.99. The first-order chi connectivity index (χ1) is 9.52. The van der Waals surface area contributed by atoms with E-state index in [0.717, 1.165) is 5.69 Å². The molecule has 106 valence electrons. The molecular formula is C16H20N2O2. The summed E-state index contributed by atoms with van der Waals surface area (Å²) in [5, 5.41) is 12.6. The van der Waals surface area contributed by atoms with Crippen molar-refractivity contribution in [3.63, 3.8) is 0 Å². The Morgan fingerprint density at radius 3 is 2.40 bits per heavy atom. The molecule has 4 nitrogen and oxygen atoms in total. The summed E-state index contributed by atoms with van der Waals surface area (Å²) in [6.45, 7) is 3.85. The van der Waals surface area contributed by atoms with Gasteiger partial charge >= 0.3 is 0 Å². The second kappa shape index (κ2) is 5.92. The van der Waals surface area contributed by atoms with Crippen LogP contribution in [0.5, 0.6) is 0 Å². The number of carbonyl (C=O) groups excluding carboxylic acids is 1. The second-order valence-electron chi connectivity index (χ2n) is 5.17. The average molecular weight is 272 g/mol. The van der Waals surface area contributed by atoms with Gasteiger partial charge in [-0.2, -0.15) is 0 Å². The summed E-state index contributed by atoms with van der Waals surface area (Å²) in [7, 11) is 0. The van der Waals surface area contributed by atoms with Gasteiger partial charge in [-0.1, -0.05) is 6.92 Å². The van der Waals surface area contributed by atoms with Crippen LogP contribution in [0.25, 0.3) is 5.69 Å². The lowest BCUT2D eigenvalue weighted by atomic mass is 10.0. The first-order valence-corrected chi connectivity index (χ1v) is 6.76. The van der Waals surface area contributed by atoms with Crippen molar-refractivity contribution in [1.82, 2.24) is 9.88 Å². The van der Waals surface area contributed by atoms with Crippen LogP contribution in [0.4, 0.5) is 0 Å². The molecule has 0 spiro atoms. The van der Waals surface area contributed by atoms with E-state index in [9.17, 15) is 9.90 Å². The van der Waals surface area contributed by atoms with Crippen LogP contribution in [0.2, 0.25) is 0 Å². The van der Waals surface area contributed by atoms with Crippen molar-refractivity contribution in [2.24, 2.45) is 0 Å². The third kappa shape index (κ3) is 3.48. The molecule has 2 aromatic rings. The maximum Gasteiger partial charge on any atom is 0.251 e. The molecule has 0 saturated carbocycles. The van der Waals surface area contributed by atoms with Crippen molar-refractivity contribution in [3.05, 3.63) is 54.4 Å². The van der Waals surface area contributed by atoms with E-state index in [1.807, 2.05) is 48.1 Å². The highest BCUT2D eigenvalue weighted by Crippen LogP contribution is 2.11. The Hall–Kier alpha value is -2.07. The predicted octanol–water partition coefficient (Wildman–Crippen LogP) is 2.37. The molecule has 0 saturated heterocycles. The molecule has 1 aromatic carbocycles. The van der Waals surface area contributed by atoms with Crippen molar-refractivity contribution in [2.75, 3.05) is 6.54 Å². The van der Waals surface area contributed by atoms with Crippen LogP contribution in [0.1, 0.15) is 30.6 Å². The molecule has 1 unspecified atom stereocenters. The van der Waals surface area contributed by atoms with Crippen molar-refractivity contribution in [3.8, 4) is 5.69 Å². The van der Waals surface area contributed by atoms with Crippen molar-refractivity contribution in [2.45, 2.75) is 25.9 Å². The molecule has 2 N–H and O–H groups in total. The number of hydrogen-bond acceptors (Lipinski definition) is 2. The minimum Gasteiger partial charge on any atom is -0.388 e. The smallest absolute Gasteiger partial charge is 0.251 e. The SMILES string of the molecule is CCC(C)(O)CNC(=O)c1ccc(-n2cccc2)cc1. The largest absolute Gasteiger partial charge is 0.388 e. The van der Waals surface area contributed by atoms with E-state index < -0.39 is 5.60 Å². The Morgan fingerprint density at radius 2 is 1.85 bits per heavy atom. The van der Waals surface area contributed by atoms with E-state index >= 15 is 0 Å². The molecule has 0 radical (unpaired) electrons. The van der Waals surface area contributed by atoms with Gasteiger partial charge in [0.1, 0.15) is 0 Å². The van der Waals surface area contributed by atoms with Crippen LogP contribution in [-0.2, 0) is 0 Å². The maximum absolute atomic E-state index is 12.0. The van der Waals surface area contributed by atoms with Gasteiger partial charge in [0.05, 0.1) is 5.60 Å². The van der Waals surface area contributed by atoms with Crippen LogP contribution in [-0.4, -0.2) is 27.7 Å². The van der Waals surface area contributed by atoms with Gasteiger partial charge < -0.3 is 15.0 Å². The number of nitrogens with zero attached hydrogens (tertiary/aromatic N) is 1. The lowest BCUT2D eigenvalue weighted by Gasteiger charge is -2.21. The molecule has 0 aliphatic rings. The number of nitrogens with one attached hydrogen (secondary N) is 1. The number of rotatable bonds is 5. The molecule has 0 fully saturated rings. The van der Waals surface area contributed by atoms with Gasteiger partial charge in [0, 0.05) is 30.2 Å². The lowest BCUT2D eigenvalue weighted by Crippen LogP contribution is -2.40. The zero-order chi connectivity index (χ0) is 14.6. The Balaban J connectivity index is 2.01. The van der Waals surface area contributed by atoms with Gasteiger partial charge in [0.15, 0.2) is 0 Å². The van der Waals surface area contributed by atoms with E-state index in [1.54, 1.807) is 19.1 Å². The van der Waals surface area contributed by atoms with E-state index in [1.165, 1.54) is 0 Å². The van der Waals surface area contributed by atoms with Gasteiger partial charge in [-0.15, -0.1) is 0 Å². The molecule has 0 aliphatic carbocycles. The van der Waals surface area contributed by atoms with Crippen molar-refractivity contribution < 1.29 is 9.90 Å². The summed E-state index contributed by atoms with van der Waals surface area (Å²) in [4.78, 5) is 12.0. The minimum absolute atomic E-state index is 0.169. The summed E-state index contributed by atoms with van der Waals surface area (Å²) in [5.41, 5.74) is 0.737. The molecule has 0 aliphatic heterocycles. The topological polar surface area (TPSA) is 54.3 Å². The third-order valence-electron chi connectivity index (χ3n) is 3.42. The first-order valence-electron chi connectivity index (χ1n) is 6.76. The molecule has 4 heteroatoms. The van der Waals surface area contributed by atoms with Gasteiger partial charge in [-0.3, -0.25) is 4.79 Å². The number of aliphatic hydroxyl groups is 1. The van der Waals surface area contributed by atoms with E-state index in [2.05, 4.69) is 5.32 Å². The highest BCUT2D eigenvalue weighted by atomic mass is 16.3. The number of aromatic nitrogens is 1. The highest BCUT2D eigenvalue weighted by Gasteiger charge is 2.18. The molecule has 1 heterocycles. The summed E-state index contributed by atoms with van der Waals surface area (Å²) < 4.78 is 1.98. The number of carbonyl (C=O) groups is 1. The quantitative estimate of drug-likeness (QED) is 0.878. The van der Waals surface area contributed by atoms with Gasteiger partial charge in [0.2, 0.25) is 0 Å². The van der Waals surface area contributed by atoms with Crippen molar-refractivity contribution in [1.29, 1.82) is 0 Å². The zero-order valence-electron chi connectivity index (χ0n) is 11.8. The minimum atomic E-state index is -0.860. The normalized spacial score (nSPS) is 13.8. The first kappa shape index (κ1) is 14.3. The summed E-state index contributed by atoms with van der Waals surface area (Å²) in [5.74, 6) is -0.169. The predicted molar refractivity (Wildman–Crippen MR) is 79.0 cm³/mol. The van der Waals surface area contributed by atoms with Gasteiger partial charge in [-0.05, 0) is 49.7 Å². The highest BCUT2D eigenvalue weighted by molar-refractivity contribution is 5.94. The number of benzene rings is 1. The van der Waals surface area contributed by atoms with E-state index in [0.29, 0.717) is 12.0 Å². The fourth-order valence-electron chi connectivity index (χ4n) is 1.79. The van der Waals surface area contributed by atoms with Crippen molar-refractivity contribution >= 4 is 5.91 Å². The fourth-order valence-corrected chi connectivity index (χ4v) is 1.79. The molecule has 20 heavy (non-hydrogen) atoms. The monoisotopic (exact) mass is 272 g/mol. The molecule has 1 aromatic heterocycles. The van der Waals surface area contributed by atoms with Gasteiger partial charge in [-0.25, -0.2) is 0 Å². The standard InChI is InChI=1S/C16H20N2O2/c1-3-16(2,20)12-17-15(19)13-6-8-14(9-7-13)18-10-4-5-11-18/h4-11,20H,3,12H2,1-2H3,(H,17,19). The molecule has 1 atom stereocenters. The molecule has 0 bridgehead atoms. The maximum atomic E-state index is 12.0. The Morgan fingerprint density at radius 1 is 1.25 bits per heavy atom. The Bertz CT molecular complexity index is 557. The van der Waals surface area contributed by atoms with Crippen LogP contribution in [0, 0.1) is 0 Å². The molecular weight excluding hydrogens is 252 g/mol. The van der Waals surface area contributed by atoms with Crippen LogP contribution < -0.4 is 5.32 Å².